The second-order valence-corrected chi connectivity index (χ2v) is 3.90. The Morgan fingerprint density at radius 2 is 2.11 bits per heavy atom. The van der Waals surface area contributed by atoms with Gasteiger partial charge in [-0.15, -0.1) is 0 Å². The van der Waals surface area contributed by atoms with E-state index < -0.39 is 0 Å². The summed E-state index contributed by atoms with van der Waals surface area (Å²) in [7, 11) is 1.86. The minimum atomic E-state index is 0.162. The van der Waals surface area contributed by atoms with E-state index >= 15 is 0 Å². The SMILES string of the molecule is CCc1cc(Cn2cnc(C#N)c2C#N)n(C)n1. The molecule has 0 aliphatic heterocycles. The topological polar surface area (TPSA) is 83.2 Å². The summed E-state index contributed by atoms with van der Waals surface area (Å²) in [4.78, 5) is 3.91. The molecule has 2 heterocycles. The largest absolute Gasteiger partial charge is 0.315 e. The van der Waals surface area contributed by atoms with Gasteiger partial charge in [-0.1, -0.05) is 6.92 Å². The first-order chi connectivity index (χ1) is 8.69. The quantitative estimate of drug-likeness (QED) is 0.800. The molecule has 2 aromatic rings. The zero-order chi connectivity index (χ0) is 13.1. The summed E-state index contributed by atoms with van der Waals surface area (Å²) in [6.07, 6.45) is 2.38. The van der Waals surface area contributed by atoms with Gasteiger partial charge in [-0.3, -0.25) is 4.68 Å². The van der Waals surface area contributed by atoms with Crippen LogP contribution in [0.1, 0.15) is 29.7 Å². The van der Waals surface area contributed by atoms with Gasteiger partial charge in [0.05, 0.1) is 24.3 Å². The zero-order valence-corrected chi connectivity index (χ0v) is 10.3. The molecule has 0 bridgehead atoms. The van der Waals surface area contributed by atoms with Gasteiger partial charge in [0.15, 0.2) is 11.4 Å². The second-order valence-electron chi connectivity index (χ2n) is 3.90. The lowest BCUT2D eigenvalue weighted by molar-refractivity contribution is 0.657. The molecule has 6 nitrogen and oxygen atoms in total. The predicted octanol–water partition coefficient (Wildman–Crippen LogP) is 0.971. The molecule has 0 spiro atoms. The summed E-state index contributed by atoms with van der Waals surface area (Å²) in [5.41, 5.74) is 2.43. The molecule has 2 rings (SSSR count). The average Bonchev–Trinajstić information content (AvgIpc) is 2.93. The first kappa shape index (κ1) is 11.9. The van der Waals surface area contributed by atoms with E-state index in [0.29, 0.717) is 6.54 Å². The molecule has 0 amide bonds. The Bertz CT molecular complexity index is 649. The van der Waals surface area contributed by atoms with Crippen LogP contribution in [0.3, 0.4) is 0 Å². The molecule has 2 aromatic heterocycles. The zero-order valence-electron chi connectivity index (χ0n) is 10.3. The van der Waals surface area contributed by atoms with Gasteiger partial charge in [0.25, 0.3) is 0 Å². The molecule has 0 radical (unpaired) electrons. The van der Waals surface area contributed by atoms with Crippen molar-refractivity contribution in [2.75, 3.05) is 0 Å². The summed E-state index contributed by atoms with van der Waals surface area (Å²) in [5, 5.41) is 22.2. The third-order valence-electron chi connectivity index (χ3n) is 2.77. The molecule has 0 unspecified atom stereocenters. The maximum absolute atomic E-state index is 9.03. The Hall–Kier alpha value is -2.60. The molecule has 0 fully saturated rings. The van der Waals surface area contributed by atoms with Crippen LogP contribution in [-0.2, 0) is 20.0 Å². The second kappa shape index (κ2) is 4.72. The van der Waals surface area contributed by atoms with E-state index in [-0.39, 0.29) is 11.4 Å². The fourth-order valence-electron chi connectivity index (χ4n) is 1.77. The van der Waals surface area contributed by atoms with Crippen molar-refractivity contribution in [3.63, 3.8) is 0 Å². The van der Waals surface area contributed by atoms with Gasteiger partial charge < -0.3 is 4.57 Å². The van der Waals surface area contributed by atoms with E-state index in [1.54, 1.807) is 9.25 Å². The number of imidazole rings is 1. The molecule has 6 heteroatoms. The summed E-state index contributed by atoms with van der Waals surface area (Å²) in [6, 6.07) is 5.90. The maximum atomic E-state index is 9.03. The van der Waals surface area contributed by atoms with Crippen LogP contribution in [0.4, 0.5) is 0 Å². The lowest BCUT2D eigenvalue weighted by Crippen LogP contribution is -2.06. The molecule has 0 saturated carbocycles. The van der Waals surface area contributed by atoms with Gasteiger partial charge in [-0.05, 0) is 12.5 Å². The highest BCUT2D eigenvalue weighted by molar-refractivity contribution is 5.36. The number of aromatic nitrogens is 4. The highest BCUT2D eigenvalue weighted by Crippen LogP contribution is 2.10. The van der Waals surface area contributed by atoms with Crippen LogP contribution in [-0.4, -0.2) is 19.3 Å². The molecule has 0 N–H and O–H groups in total. The van der Waals surface area contributed by atoms with Crippen molar-refractivity contribution in [3.8, 4) is 12.1 Å². The number of rotatable bonds is 3. The van der Waals surface area contributed by atoms with Gasteiger partial charge in [0, 0.05) is 7.05 Å². The highest BCUT2D eigenvalue weighted by Gasteiger charge is 2.12. The minimum absolute atomic E-state index is 0.162. The lowest BCUT2D eigenvalue weighted by atomic mass is 10.3. The van der Waals surface area contributed by atoms with Gasteiger partial charge in [0.1, 0.15) is 12.1 Å². The molecule has 0 aliphatic rings. The number of nitrogens with zero attached hydrogens (tertiary/aromatic N) is 6. The number of hydrogen-bond acceptors (Lipinski definition) is 4. The van der Waals surface area contributed by atoms with Crippen molar-refractivity contribution in [3.05, 3.63) is 35.2 Å². The van der Waals surface area contributed by atoms with Crippen molar-refractivity contribution in [1.29, 1.82) is 10.5 Å². The fraction of sp³-hybridized carbons (Fsp3) is 0.333. The van der Waals surface area contributed by atoms with E-state index in [9.17, 15) is 0 Å². The molecule has 0 aromatic carbocycles. The number of hydrogen-bond donors (Lipinski definition) is 0. The van der Waals surface area contributed by atoms with E-state index in [0.717, 1.165) is 17.8 Å². The normalized spacial score (nSPS) is 10.0. The molecular formula is C12H12N6. The van der Waals surface area contributed by atoms with Crippen molar-refractivity contribution < 1.29 is 0 Å². The predicted molar refractivity (Wildman–Crippen MR) is 63.3 cm³/mol. The first-order valence-electron chi connectivity index (χ1n) is 5.56. The Morgan fingerprint density at radius 3 is 2.67 bits per heavy atom. The summed E-state index contributed by atoms with van der Waals surface area (Å²) < 4.78 is 3.45. The Labute approximate surface area is 105 Å². The minimum Gasteiger partial charge on any atom is -0.315 e. The molecular weight excluding hydrogens is 228 g/mol. The van der Waals surface area contributed by atoms with Crippen LogP contribution in [0.5, 0.6) is 0 Å². The van der Waals surface area contributed by atoms with Crippen LogP contribution in [0.25, 0.3) is 0 Å². The number of aryl methyl sites for hydroxylation is 2. The lowest BCUT2D eigenvalue weighted by Gasteiger charge is -2.03. The summed E-state index contributed by atoms with van der Waals surface area (Å²) in [5.74, 6) is 0. The smallest absolute Gasteiger partial charge is 0.176 e. The van der Waals surface area contributed by atoms with E-state index in [4.69, 9.17) is 10.5 Å². The standard InChI is InChI=1S/C12H12N6/c1-3-9-4-10(17(2)16-9)7-18-8-15-11(5-13)12(18)6-14/h4,8H,3,7H2,1-2H3. The van der Waals surface area contributed by atoms with E-state index in [2.05, 4.69) is 10.1 Å². The third-order valence-corrected chi connectivity index (χ3v) is 2.77. The van der Waals surface area contributed by atoms with Crippen molar-refractivity contribution >= 4 is 0 Å². The molecule has 0 saturated heterocycles. The monoisotopic (exact) mass is 240 g/mol. The molecule has 18 heavy (non-hydrogen) atoms. The van der Waals surface area contributed by atoms with Gasteiger partial charge in [0.2, 0.25) is 0 Å². The van der Waals surface area contributed by atoms with E-state index in [1.165, 1.54) is 6.33 Å². The highest BCUT2D eigenvalue weighted by atomic mass is 15.3. The first-order valence-corrected chi connectivity index (χ1v) is 5.56. The van der Waals surface area contributed by atoms with Gasteiger partial charge in [-0.2, -0.15) is 15.6 Å². The molecule has 0 aliphatic carbocycles. The van der Waals surface area contributed by atoms with Crippen LogP contribution in [0.2, 0.25) is 0 Å². The van der Waals surface area contributed by atoms with Gasteiger partial charge >= 0.3 is 0 Å². The third kappa shape index (κ3) is 1.96. The van der Waals surface area contributed by atoms with Gasteiger partial charge in [-0.25, -0.2) is 4.98 Å². The Kier molecular flexibility index (Phi) is 3.11. The average molecular weight is 240 g/mol. The Balaban J connectivity index is 2.35. The molecule has 90 valence electrons. The summed E-state index contributed by atoms with van der Waals surface area (Å²) >= 11 is 0. The van der Waals surface area contributed by atoms with Crippen molar-refractivity contribution in [2.24, 2.45) is 7.05 Å². The summed E-state index contributed by atoms with van der Waals surface area (Å²) in [6.45, 7) is 2.53. The maximum Gasteiger partial charge on any atom is 0.176 e. The Morgan fingerprint density at radius 1 is 1.33 bits per heavy atom. The van der Waals surface area contributed by atoms with Crippen molar-refractivity contribution in [1.82, 2.24) is 19.3 Å². The van der Waals surface area contributed by atoms with E-state index in [1.807, 2.05) is 32.2 Å². The number of nitriles is 2. The van der Waals surface area contributed by atoms with Crippen LogP contribution in [0.15, 0.2) is 12.4 Å². The fourth-order valence-corrected chi connectivity index (χ4v) is 1.77. The van der Waals surface area contributed by atoms with Crippen LogP contribution < -0.4 is 0 Å². The van der Waals surface area contributed by atoms with Crippen molar-refractivity contribution in [2.45, 2.75) is 19.9 Å². The molecule has 0 atom stereocenters. The van der Waals surface area contributed by atoms with Crippen LogP contribution in [0, 0.1) is 22.7 Å². The van der Waals surface area contributed by atoms with Crippen LogP contribution >= 0.6 is 0 Å².